The maximum absolute atomic E-state index is 12.1. The van der Waals surface area contributed by atoms with Crippen molar-refractivity contribution in [3.8, 4) is 0 Å². The summed E-state index contributed by atoms with van der Waals surface area (Å²) in [7, 11) is 1.93. The Kier molecular flexibility index (Phi) is 2.33. The second kappa shape index (κ2) is 3.85. The van der Waals surface area contributed by atoms with Gasteiger partial charge in [-0.1, -0.05) is 0 Å². The third-order valence-electron chi connectivity index (χ3n) is 2.95. The summed E-state index contributed by atoms with van der Waals surface area (Å²) in [5, 5.41) is 1.42. The van der Waals surface area contributed by atoms with Gasteiger partial charge in [0.05, 0.1) is 30.5 Å². The molecule has 1 amide bonds. The number of hydrogen-bond acceptors (Lipinski definition) is 3. The van der Waals surface area contributed by atoms with Gasteiger partial charge in [0.2, 0.25) is 0 Å². The minimum absolute atomic E-state index is 0.0879. The molecule has 1 aromatic carbocycles. The van der Waals surface area contributed by atoms with Gasteiger partial charge in [-0.15, -0.1) is 0 Å². The lowest BCUT2D eigenvalue weighted by Crippen LogP contribution is -2.26. The molecule has 88 valence electrons. The summed E-state index contributed by atoms with van der Waals surface area (Å²) in [5.41, 5.74) is 2.47. The number of amides is 1. The van der Waals surface area contributed by atoms with E-state index >= 15 is 0 Å². The Morgan fingerprint density at radius 1 is 1.47 bits per heavy atom. The summed E-state index contributed by atoms with van der Waals surface area (Å²) in [6, 6.07) is 5.53. The number of nitrogens with zero attached hydrogens (tertiary/aromatic N) is 3. The summed E-state index contributed by atoms with van der Waals surface area (Å²) >= 11 is 0. The van der Waals surface area contributed by atoms with Crippen LogP contribution in [-0.2, 0) is 11.9 Å². The van der Waals surface area contributed by atoms with Crippen LogP contribution in [0.15, 0.2) is 24.5 Å². The average Bonchev–Trinajstić information content (AvgIpc) is 2.98. The number of aryl methyl sites for hydroxylation is 1. The zero-order valence-corrected chi connectivity index (χ0v) is 9.59. The molecular weight excluding hydrogens is 218 g/mol. The number of imidazole rings is 1. The maximum atomic E-state index is 12.1. The van der Waals surface area contributed by atoms with E-state index in [9.17, 15) is 4.79 Å². The predicted molar refractivity (Wildman–Crippen MR) is 62.3 cm³/mol. The van der Waals surface area contributed by atoms with Crippen molar-refractivity contribution in [3.63, 3.8) is 0 Å². The number of benzene rings is 1. The number of aromatic nitrogens is 2. The Hall–Kier alpha value is -1.88. The van der Waals surface area contributed by atoms with E-state index in [-0.39, 0.29) is 5.91 Å². The Labute approximate surface area is 98.6 Å². The van der Waals surface area contributed by atoms with E-state index in [0.717, 1.165) is 17.5 Å². The fourth-order valence-electron chi connectivity index (χ4n) is 2.02. The molecule has 17 heavy (non-hydrogen) atoms. The lowest BCUT2D eigenvalue weighted by Gasteiger charge is -2.13. The second-order valence-electron chi connectivity index (χ2n) is 4.15. The van der Waals surface area contributed by atoms with Crippen LogP contribution >= 0.6 is 0 Å². The molecule has 0 N–H and O–H groups in total. The fourth-order valence-corrected chi connectivity index (χ4v) is 2.02. The van der Waals surface area contributed by atoms with Crippen molar-refractivity contribution in [1.29, 1.82) is 0 Å². The third kappa shape index (κ3) is 1.68. The summed E-state index contributed by atoms with van der Waals surface area (Å²) in [5.74, 6) is -0.0879. The molecule has 2 heterocycles. The largest absolute Gasteiger partial charge is 0.334 e. The molecule has 0 saturated carbocycles. The van der Waals surface area contributed by atoms with Gasteiger partial charge in [-0.25, -0.2) is 10.0 Å². The van der Waals surface area contributed by atoms with Crippen LogP contribution in [0, 0.1) is 0 Å². The lowest BCUT2D eigenvalue weighted by molar-refractivity contribution is -0.0768. The zero-order valence-electron chi connectivity index (χ0n) is 9.59. The highest BCUT2D eigenvalue weighted by atomic mass is 16.7. The van der Waals surface area contributed by atoms with Gasteiger partial charge in [-0.05, 0) is 24.6 Å². The minimum atomic E-state index is -0.0879. The molecule has 0 atom stereocenters. The van der Waals surface area contributed by atoms with Crippen LogP contribution in [0.5, 0.6) is 0 Å². The van der Waals surface area contributed by atoms with E-state index in [1.54, 1.807) is 12.4 Å². The van der Waals surface area contributed by atoms with Gasteiger partial charge < -0.3 is 4.57 Å². The first-order chi connectivity index (χ1) is 8.25. The van der Waals surface area contributed by atoms with Gasteiger partial charge >= 0.3 is 0 Å². The normalized spacial score (nSPS) is 15.7. The van der Waals surface area contributed by atoms with Crippen molar-refractivity contribution < 1.29 is 9.63 Å². The van der Waals surface area contributed by atoms with Gasteiger partial charge in [0.15, 0.2) is 0 Å². The fraction of sp³-hybridized carbons (Fsp3) is 0.333. The van der Waals surface area contributed by atoms with Crippen molar-refractivity contribution >= 4 is 16.9 Å². The number of carbonyl (C=O) groups is 1. The Morgan fingerprint density at radius 3 is 3.12 bits per heavy atom. The van der Waals surface area contributed by atoms with E-state index in [2.05, 4.69) is 4.98 Å². The van der Waals surface area contributed by atoms with Gasteiger partial charge in [-0.2, -0.15) is 0 Å². The standard InChI is InChI=1S/C12H13N3O2/c1-14-8-13-10-7-9(3-4-11(10)14)12(16)15-5-2-6-17-15/h3-4,7-8H,2,5-6H2,1H3. The van der Waals surface area contributed by atoms with Crippen LogP contribution in [0.2, 0.25) is 0 Å². The molecule has 3 rings (SSSR count). The van der Waals surface area contributed by atoms with Gasteiger partial charge in [0.1, 0.15) is 0 Å². The molecule has 5 heteroatoms. The SMILES string of the molecule is Cn1cnc2cc(C(=O)N3CCCO3)ccc21. The molecule has 1 fully saturated rings. The smallest absolute Gasteiger partial charge is 0.277 e. The summed E-state index contributed by atoms with van der Waals surface area (Å²) in [6.07, 6.45) is 2.64. The van der Waals surface area contributed by atoms with E-state index in [0.29, 0.717) is 18.7 Å². The van der Waals surface area contributed by atoms with Crippen LogP contribution in [0.3, 0.4) is 0 Å². The molecule has 2 aromatic rings. The maximum Gasteiger partial charge on any atom is 0.277 e. The molecule has 0 spiro atoms. The van der Waals surface area contributed by atoms with E-state index < -0.39 is 0 Å². The lowest BCUT2D eigenvalue weighted by atomic mass is 10.2. The molecule has 5 nitrogen and oxygen atoms in total. The number of rotatable bonds is 1. The molecule has 0 radical (unpaired) electrons. The molecule has 0 aliphatic carbocycles. The van der Waals surface area contributed by atoms with E-state index in [1.165, 1.54) is 5.06 Å². The highest BCUT2D eigenvalue weighted by Crippen LogP contribution is 2.17. The van der Waals surface area contributed by atoms with E-state index in [1.807, 2.05) is 23.7 Å². The molecule has 0 bridgehead atoms. The van der Waals surface area contributed by atoms with Crippen LogP contribution in [0.1, 0.15) is 16.8 Å². The highest BCUT2D eigenvalue weighted by molar-refractivity contribution is 5.96. The second-order valence-corrected chi connectivity index (χ2v) is 4.15. The molecular formula is C12H13N3O2. The molecule has 1 saturated heterocycles. The molecule has 1 aromatic heterocycles. The molecule has 0 unspecified atom stereocenters. The number of fused-ring (bicyclic) bond motifs is 1. The van der Waals surface area contributed by atoms with Gasteiger partial charge in [-0.3, -0.25) is 9.63 Å². The van der Waals surface area contributed by atoms with Crippen molar-refractivity contribution in [2.45, 2.75) is 6.42 Å². The predicted octanol–water partition coefficient (Wildman–Crippen LogP) is 1.35. The summed E-state index contributed by atoms with van der Waals surface area (Å²) < 4.78 is 1.93. The monoisotopic (exact) mass is 231 g/mol. The summed E-state index contributed by atoms with van der Waals surface area (Å²) in [4.78, 5) is 21.5. The third-order valence-corrected chi connectivity index (χ3v) is 2.95. The quantitative estimate of drug-likeness (QED) is 0.744. The highest BCUT2D eigenvalue weighted by Gasteiger charge is 2.21. The van der Waals surface area contributed by atoms with E-state index in [4.69, 9.17) is 4.84 Å². The van der Waals surface area contributed by atoms with Gasteiger partial charge in [0.25, 0.3) is 5.91 Å². The number of hydroxylamine groups is 2. The van der Waals surface area contributed by atoms with Crippen molar-refractivity contribution in [1.82, 2.24) is 14.6 Å². The van der Waals surface area contributed by atoms with Crippen LogP contribution in [0.25, 0.3) is 11.0 Å². The Bertz CT molecular complexity index is 570. The minimum Gasteiger partial charge on any atom is -0.334 e. The average molecular weight is 231 g/mol. The Morgan fingerprint density at radius 2 is 2.35 bits per heavy atom. The first-order valence-corrected chi connectivity index (χ1v) is 5.61. The van der Waals surface area contributed by atoms with Crippen LogP contribution in [-0.4, -0.2) is 33.7 Å². The van der Waals surface area contributed by atoms with Crippen molar-refractivity contribution in [2.75, 3.05) is 13.2 Å². The molecule has 1 aliphatic rings. The topological polar surface area (TPSA) is 47.4 Å². The number of hydrogen-bond donors (Lipinski definition) is 0. The van der Waals surface area contributed by atoms with Crippen molar-refractivity contribution in [3.05, 3.63) is 30.1 Å². The van der Waals surface area contributed by atoms with Crippen LogP contribution < -0.4 is 0 Å². The number of carbonyl (C=O) groups excluding carboxylic acids is 1. The first kappa shape index (κ1) is 10.3. The molecule has 1 aliphatic heterocycles. The zero-order chi connectivity index (χ0) is 11.8. The van der Waals surface area contributed by atoms with Gasteiger partial charge in [0, 0.05) is 12.6 Å². The van der Waals surface area contributed by atoms with Crippen LogP contribution in [0.4, 0.5) is 0 Å². The van der Waals surface area contributed by atoms with Crippen molar-refractivity contribution in [2.24, 2.45) is 7.05 Å². The Balaban J connectivity index is 1.97. The first-order valence-electron chi connectivity index (χ1n) is 5.61. The summed E-state index contributed by atoms with van der Waals surface area (Å²) in [6.45, 7) is 1.29.